The van der Waals surface area contributed by atoms with Crippen LogP contribution in [0.15, 0.2) is 33.5 Å². The first-order valence-electron chi connectivity index (χ1n) is 6.76. The second-order valence-electron chi connectivity index (χ2n) is 4.96. The molecule has 0 fully saturated rings. The van der Waals surface area contributed by atoms with Crippen LogP contribution in [-0.4, -0.2) is 21.3 Å². The summed E-state index contributed by atoms with van der Waals surface area (Å²) in [5, 5.41) is 1.99. The Labute approximate surface area is 127 Å². The van der Waals surface area contributed by atoms with Gasteiger partial charge >= 0.3 is 5.63 Å². The highest BCUT2D eigenvalue weighted by Crippen LogP contribution is 2.36. The highest BCUT2D eigenvalue weighted by molar-refractivity contribution is 6.08. The molecule has 0 atom stereocenters. The third kappa shape index (κ3) is 2.06. The van der Waals surface area contributed by atoms with E-state index in [1.807, 2.05) is 19.1 Å². The van der Waals surface area contributed by atoms with E-state index in [0.29, 0.717) is 28.2 Å². The first-order valence-corrected chi connectivity index (χ1v) is 6.76. The van der Waals surface area contributed by atoms with Crippen LogP contribution in [0.4, 0.5) is 0 Å². The zero-order valence-electron chi connectivity index (χ0n) is 12.9. The topological polar surface area (TPSA) is 57.9 Å². The van der Waals surface area contributed by atoms with E-state index in [1.54, 1.807) is 26.4 Å². The molecule has 0 saturated heterocycles. The Bertz CT molecular complexity index is 924. The van der Waals surface area contributed by atoms with Crippen molar-refractivity contribution < 1.29 is 18.6 Å². The number of rotatable bonds is 3. The van der Waals surface area contributed by atoms with E-state index in [-0.39, 0.29) is 0 Å². The molecular weight excluding hydrogens is 284 g/mol. The second-order valence-corrected chi connectivity index (χ2v) is 4.96. The van der Waals surface area contributed by atoms with Crippen LogP contribution >= 0.6 is 0 Å². The fraction of sp³-hybridized carbons (Fsp3) is 0.235. The molecule has 0 unspecified atom stereocenters. The van der Waals surface area contributed by atoms with Gasteiger partial charge in [-0.05, 0) is 24.6 Å². The number of methoxy groups -OCH3 is 3. The van der Waals surface area contributed by atoms with Crippen LogP contribution in [-0.2, 0) is 0 Å². The van der Waals surface area contributed by atoms with Crippen LogP contribution in [0.5, 0.6) is 17.2 Å². The van der Waals surface area contributed by atoms with E-state index < -0.39 is 5.63 Å². The fourth-order valence-electron chi connectivity index (χ4n) is 2.69. The Hall–Kier alpha value is -2.69. The lowest BCUT2D eigenvalue weighted by molar-refractivity contribution is 0.397. The standard InChI is InChI=1S/C17H16O5/c1-9-5-10(19-2)8-14-15(9)12-6-11(20-3)7-13(21-4)16(12)17(18)22-14/h5-8H,1-4H3. The third-order valence-corrected chi connectivity index (χ3v) is 3.72. The minimum atomic E-state index is -0.449. The fourth-order valence-corrected chi connectivity index (χ4v) is 2.69. The molecule has 0 aliphatic heterocycles. The van der Waals surface area contributed by atoms with Crippen molar-refractivity contribution in [2.75, 3.05) is 21.3 Å². The van der Waals surface area contributed by atoms with Gasteiger partial charge in [0.1, 0.15) is 28.2 Å². The molecule has 0 saturated carbocycles. The van der Waals surface area contributed by atoms with Gasteiger partial charge in [0.15, 0.2) is 0 Å². The monoisotopic (exact) mass is 300 g/mol. The van der Waals surface area contributed by atoms with Gasteiger partial charge in [-0.1, -0.05) is 0 Å². The number of ether oxygens (including phenoxy) is 3. The lowest BCUT2D eigenvalue weighted by Crippen LogP contribution is -2.03. The zero-order chi connectivity index (χ0) is 15.9. The molecule has 0 N–H and O–H groups in total. The van der Waals surface area contributed by atoms with Gasteiger partial charge in [0.25, 0.3) is 0 Å². The molecule has 3 aromatic rings. The lowest BCUT2D eigenvalue weighted by Gasteiger charge is -2.12. The summed E-state index contributed by atoms with van der Waals surface area (Å²) in [6, 6.07) is 7.09. The van der Waals surface area contributed by atoms with Gasteiger partial charge in [-0.2, -0.15) is 0 Å². The van der Waals surface area contributed by atoms with E-state index in [1.165, 1.54) is 7.11 Å². The SMILES string of the molecule is COc1cc(C)c2c(c1)oc(=O)c1c(OC)cc(OC)cc12. The molecule has 2 aromatic carbocycles. The average molecular weight is 300 g/mol. The van der Waals surface area contributed by atoms with E-state index >= 15 is 0 Å². The number of hydrogen-bond acceptors (Lipinski definition) is 5. The summed E-state index contributed by atoms with van der Waals surface area (Å²) in [6.45, 7) is 1.94. The van der Waals surface area contributed by atoms with Crippen molar-refractivity contribution in [3.8, 4) is 17.2 Å². The minimum Gasteiger partial charge on any atom is -0.497 e. The number of aryl methyl sites for hydroxylation is 1. The van der Waals surface area contributed by atoms with Crippen LogP contribution in [0.1, 0.15) is 5.56 Å². The molecule has 0 aliphatic carbocycles. The van der Waals surface area contributed by atoms with Gasteiger partial charge < -0.3 is 18.6 Å². The van der Waals surface area contributed by atoms with Crippen LogP contribution in [0, 0.1) is 6.92 Å². The van der Waals surface area contributed by atoms with Gasteiger partial charge in [0, 0.05) is 22.9 Å². The van der Waals surface area contributed by atoms with Gasteiger partial charge in [0.2, 0.25) is 0 Å². The maximum absolute atomic E-state index is 12.4. The molecule has 114 valence electrons. The van der Waals surface area contributed by atoms with E-state index in [0.717, 1.165) is 16.3 Å². The quantitative estimate of drug-likeness (QED) is 0.549. The Balaban J connectivity index is 2.57. The van der Waals surface area contributed by atoms with Crippen molar-refractivity contribution in [3.05, 3.63) is 40.2 Å². The first-order chi connectivity index (χ1) is 10.6. The van der Waals surface area contributed by atoms with Crippen LogP contribution in [0.3, 0.4) is 0 Å². The molecule has 0 amide bonds. The van der Waals surface area contributed by atoms with Crippen LogP contribution < -0.4 is 19.8 Å². The highest BCUT2D eigenvalue weighted by Gasteiger charge is 2.16. The molecule has 0 bridgehead atoms. The lowest BCUT2D eigenvalue weighted by atomic mass is 10.0. The van der Waals surface area contributed by atoms with E-state index in [9.17, 15) is 4.79 Å². The predicted molar refractivity (Wildman–Crippen MR) is 84.4 cm³/mol. The summed E-state index contributed by atoms with van der Waals surface area (Å²) in [5.74, 6) is 1.69. The van der Waals surface area contributed by atoms with E-state index in [2.05, 4.69) is 0 Å². The molecule has 22 heavy (non-hydrogen) atoms. The summed E-state index contributed by atoms with van der Waals surface area (Å²) in [6.07, 6.45) is 0. The Morgan fingerprint density at radius 3 is 2.18 bits per heavy atom. The molecule has 0 radical (unpaired) electrons. The normalized spacial score (nSPS) is 10.9. The molecule has 5 nitrogen and oxygen atoms in total. The maximum Gasteiger partial charge on any atom is 0.347 e. The van der Waals surface area contributed by atoms with Crippen LogP contribution in [0.25, 0.3) is 21.7 Å². The number of benzene rings is 2. The molecule has 1 aromatic heterocycles. The maximum atomic E-state index is 12.4. The van der Waals surface area contributed by atoms with Gasteiger partial charge in [-0.25, -0.2) is 4.79 Å². The van der Waals surface area contributed by atoms with Crippen molar-refractivity contribution in [2.45, 2.75) is 6.92 Å². The largest absolute Gasteiger partial charge is 0.497 e. The highest BCUT2D eigenvalue weighted by atomic mass is 16.5. The smallest absolute Gasteiger partial charge is 0.347 e. The molecule has 3 rings (SSSR count). The molecular formula is C17H16O5. The Morgan fingerprint density at radius 1 is 0.864 bits per heavy atom. The van der Waals surface area contributed by atoms with Crippen LogP contribution in [0.2, 0.25) is 0 Å². The summed E-state index contributed by atoms with van der Waals surface area (Å²) >= 11 is 0. The third-order valence-electron chi connectivity index (χ3n) is 3.72. The predicted octanol–water partition coefficient (Wildman–Crippen LogP) is 3.28. The van der Waals surface area contributed by atoms with Crippen molar-refractivity contribution in [2.24, 2.45) is 0 Å². The summed E-state index contributed by atoms with van der Waals surface area (Å²) in [7, 11) is 4.66. The summed E-state index contributed by atoms with van der Waals surface area (Å²) in [5.41, 5.74) is 0.970. The first kappa shape index (κ1) is 14.3. The summed E-state index contributed by atoms with van der Waals surface area (Å²) in [4.78, 5) is 12.4. The zero-order valence-corrected chi connectivity index (χ0v) is 12.9. The molecule has 0 aliphatic rings. The van der Waals surface area contributed by atoms with Crippen molar-refractivity contribution >= 4 is 21.7 Å². The van der Waals surface area contributed by atoms with Crippen molar-refractivity contribution in [1.29, 1.82) is 0 Å². The Morgan fingerprint density at radius 2 is 1.55 bits per heavy atom. The molecule has 0 spiro atoms. The van der Waals surface area contributed by atoms with E-state index in [4.69, 9.17) is 18.6 Å². The molecule has 5 heteroatoms. The van der Waals surface area contributed by atoms with Crippen molar-refractivity contribution in [1.82, 2.24) is 0 Å². The molecule has 1 heterocycles. The number of hydrogen-bond donors (Lipinski definition) is 0. The summed E-state index contributed by atoms with van der Waals surface area (Å²) < 4.78 is 21.3. The van der Waals surface area contributed by atoms with Gasteiger partial charge in [-0.3, -0.25) is 0 Å². The van der Waals surface area contributed by atoms with Crippen molar-refractivity contribution in [3.63, 3.8) is 0 Å². The van der Waals surface area contributed by atoms with Gasteiger partial charge in [-0.15, -0.1) is 0 Å². The minimum absolute atomic E-state index is 0.407. The Kier molecular flexibility index (Phi) is 3.41. The van der Waals surface area contributed by atoms with Gasteiger partial charge in [0.05, 0.1) is 21.3 Å². The second kappa shape index (κ2) is 5.26. The number of fused-ring (bicyclic) bond motifs is 3. The average Bonchev–Trinajstić information content (AvgIpc) is 2.52.